The second-order valence-corrected chi connectivity index (χ2v) is 3.22. The number of nitrogens with one attached hydrogen (secondary N) is 1. The molecule has 0 spiro atoms. The fourth-order valence-corrected chi connectivity index (χ4v) is 1.31. The van der Waals surface area contributed by atoms with E-state index in [4.69, 9.17) is 5.11 Å². The molecule has 88 valence electrons. The third kappa shape index (κ3) is 2.07. The summed E-state index contributed by atoms with van der Waals surface area (Å²) in [5.41, 5.74) is 0.298. The number of halogens is 1. The van der Waals surface area contributed by atoms with E-state index in [1.54, 1.807) is 7.05 Å². The average Bonchev–Trinajstić information content (AvgIpc) is 2.74. The standard InChI is InChI=1S/C10H9FN4O2/c1-12-9-8(10(16)17)13-15(14-9)7-4-2-6(11)3-5-7/h2-5H,1H3,(H,12,14)(H,16,17). The summed E-state index contributed by atoms with van der Waals surface area (Å²) in [5.74, 6) is -1.40. The average molecular weight is 236 g/mol. The topological polar surface area (TPSA) is 80.0 Å². The molecule has 0 radical (unpaired) electrons. The number of hydrogen-bond donors (Lipinski definition) is 2. The first-order chi connectivity index (χ1) is 8.11. The lowest BCUT2D eigenvalue weighted by molar-refractivity contribution is 0.0691. The molecule has 2 aromatic rings. The maximum absolute atomic E-state index is 12.7. The lowest BCUT2D eigenvalue weighted by atomic mass is 10.3. The van der Waals surface area contributed by atoms with Crippen molar-refractivity contribution in [3.05, 3.63) is 35.8 Å². The lowest BCUT2D eigenvalue weighted by Gasteiger charge is -1.97. The molecule has 0 saturated carbocycles. The van der Waals surface area contributed by atoms with Crippen molar-refractivity contribution in [3.8, 4) is 5.69 Å². The number of aromatic nitrogens is 3. The molecule has 0 unspecified atom stereocenters. The Morgan fingerprint density at radius 1 is 1.35 bits per heavy atom. The quantitative estimate of drug-likeness (QED) is 0.835. The molecule has 1 aromatic carbocycles. The van der Waals surface area contributed by atoms with Gasteiger partial charge < -0.3 is 10.4 Å². The van der Waals surface area contributed by atoms with Crippen LogP contribution in [0.3, 0.4) is 0 Å². The highest BCUT2D eigenvalue weighted by molar-refractivity contribution is 5.90. The van der Waals surface area contributed by atoms with Crippen LogP contribution in [0.5, 0.6) is 0 Å². The smallest absolute Gasteiger partial charge is 0.360 e. The molecular weight excluding hydrogens is 227 g/mol. The summed E-state index contributed by atoms with van der Waals surface area (Å²) in [6.07, 6.45) is 0. The van der Waals surface area contributed by atoms with Crippen LogP contribution in [0.4, 0.5) is 10.2 Å². The summed E-state index contributed by atoms with van der Waals surface area (Å²) < 4.78 is 12.7. The van der Waals surface area contributed by atoms with Crippen molar-refractivity contribution in [1.82, 2.24) is 15.0 Å². The maximum atomic E-state index is 12.7. The Bertz CT molecular complexity index is 550. The number of benzene rings is 1. The summed E-state index contributed by atoms with van der Waals surface area (Å²) in [6, 6.07) is 5.41. The number of anilines is 1. The van der Waals surface area contributed by atoms with Gasteiger partial charge in [0.15, 0.2) is 5.82 Å². The Morgan fingerprint density at radius 3 is 2.47 bits per heavy atom. The number of carboxylic acids is 1. The maximum Gasteiger partial charge on any atom is 0.360 e. The van der Waals surface area contributed by atoms with Gasteiger partial charge in [0.2, 0.25) is 5.69 Å². The Morgan fingerprint density at radius 2 is 2.00 bits per heavy atom. The zero-order chi connectivity index (χ0) is 12.4. The number of carboxylic acid groups (broad SMARTS) is 1. The monoisotopic (exact) mass is 236 g/mol. The van der Waals surface area contributed by atoms with E-state index in [0.717, 1.165) is 4.80 Å². The summed E-state index contributed by atoms with van der Waals surface area (Å²) in [5, 5.41) is 19.3. The third-order valence-electron chi connectivity index (χ3n) is 2.11. The van der Waals surface area contributed by atoms with Crippen molar-refractivity contribution in [2.24, 2.45) is 0 Å². The normalized spacial score (nSPS) is 10.2. The largest absolute Gasteiger partial charge is 0.476 e. The highest BCUT2D eigenvalue weighted by Gasteiger charge is 2.17. The first-order valence-corrected chi connectivity index (χ1v) is 4.76. The van der Waals surface area contributed by atoms with Gasteiger partial charge in [-0.25, -0.2) is 9.18 Å². The van der Waals surface area contributed by atoms with Gasteiger partial charge in [-0.05, 0) is 24.3 Å². The zero-order valence-corrected chi connectivity index (χ0v) is 8.88. The first kappa shape index (κ1) is 11.1. The van der Waals surface area contributed by atoms with Crippen LogP contribution < -0.4 is 5.32 Å². The summed E-state index contributed by atoms with van der Waals surface area (Å²) in [6.45, 7) is 0. The summed E-state index contributed by atoms with van der Waals surface area (Å²) in [4.78, 5) is 12.0. The van der Waals surface area contributed by atoms with Crippen molar-refractivity contribution in [1.29, 1.82) is 0 Å². The minimum absolute atomic E-state index is 0.154. The fraction of sp³-hybridized carbons (Fsp3) is 0.100. The second-order valence-electron chi connectivity index (χ2n) is 3.22. The molecule has 0 aliphatic rings. The van der Waals surface area contributed by atoms with Crippen LogP contribution in [0, 0.1) is 5.82 Å². The van der Waals surface area contributed by atoms with Crippen molar-refractivity contribution < 1.29 is 14.3 Å². The van der Waals surface area contributed by atoms with Crippen molar-refractivity contribution in [2.45, 2.75) is 0 Å². The van der Waals surface area contributed by atoms with Gasteiger partial charge >= 0.3 is 5.97 Å². The Hall–Kier alpha value is -2.44. The highest BCUT2D eigenvalue weighted by Crippen LogP contribution is 2.13. The minimum atomic E-state index is -1.18. The lowest BCUT2D eigenvalue weighted by Crippen LogP contribution is -2.02. The highest BCUT2D eigenvalue weighted by atomic mass is 19.1. The van der Waals surface area contributed by atoms with E-state index in [9.17, 15) is 9.18 Å². The van der Waals surface area contributed by atoms with E-state index in [0.29, 0.717) is 5.69 Å². The van der Waals surface area contributed by atoms with Crippen LogP contribution in [0.1, 0.15) is 10.5 Å². The van der Waals surface area contributed by atoms with Gasteiger partial charge in [0, 0.05) is 7.05 Å². The molecule has 0 fully saturated rings. The van der Waals surface area contributed by atoms with Gasteiger partial charge in [-0.15, -0.1) is 15.0 Å². The first-order valence-electron chi connectivity index (χ1n) is 4.76. The molecule has 0 amide bonds. The van der Waals surface area contributed by atoms with Crippen LogP contribution in [0.2, 0.25) is 0 Å². The van der Waals surface area contributed by atoms with E-state index in [-0.39, 0.29) is 17.3 Å². The van der Waals surface area contributed by atoms with Crippen LogP contribution in [0.15, 0.2) is 24.3 Å². The molecular formula is C10H9FN4O2. The van der Waals surface area contributed by atoms with Gasteiger partial charge in [-0.2, -0.15) is 0 Å². The number of carbonyl (C=O) groups is 1. The van der Waals surface area contributed by atoms with Crippen LogP contribution in [-0.4, -0.2) is 33.1 Å². The van der Waals surface area contributed by atoms with E-state index >= 15 is 0 Å². The number of rotatable bonds is 3. The molecule has 17 heavy (non-hydrogen) atoms. The molecule has 2 rings (SSSR count). The van der Waals surface area contributed by atoms with E-state index in [2.05, 4.69) is 15.5 Å². The molecule has 0 aliphatic heterocycles. The van der Waals surface area contributed by atoms with Gasteiger partial charge in [0.1, 0.15) is 5.82 Å². The molecule has 1 heterocycles. The molecule has 7 heteroatoms. The summed E-state index contributed by atoms with van der Waals surface area (Å²) >= 11 is 0. The molecule has 0 atom stereocenters. The fourth-order valence-electron chi connectivity index (χ4n) is 1.31. The predicted molar refractivity (Wildman–Crippen MR) is 57.8 cm³/mol. The van der Waals surface area contributed by atoms with Crippen molar-refractivity contribution in [3.63, 3.8) is 0 Å². The van der Waals surface area contributed by atoms with Crippen LogP contribution in [-0.2, 0) is 0 Å². The van der Waals surface area contributed by atoms with Crippen LogP contribution >= 0.6 is 0 Å². The Balaban J connectivity index is 2.46. The Kier molecular flexibility index (Phi) is 2.73. The van der Waals surface area contributed by atoms with Gasteiger partial charge in [-0.3, -0.25) is 0 Å². The number of aromatic carboxylic acids is 1. The zero-order valence-electron chi connectivity index (χ0n) is 8.88. The SMILES string of the molecule is CNc1nn(-c2ccc(F)cc2)nc1C(=O)O. The van der Waals surface area contributed by atoms with Gasteiger partial charge in [0.05, 0.1) is 5.69 Å². The predicted octanol–water partition coefficient (Wildman–Crippen LogP) is 1.15. The van der Waals surface area contributed by atoms with E-state index in [1.807, 2.05) is 0 Å². The number of hydrogen-bond acceptors (Lipinski definition) is 4. The summed E-state index contributed by atoms with van der Waals surface area (Å²) in [7, 11) is 1.55. The van der Waals surface area contributed by atoms with Crippen molar-refractivity contribution in [2.75, 3.05) is 12.4 Å². The van der Waals surface area contributed by atoms with E-state index < -0.39 is 5.97 Å². The second kappa shape index (κ2) is 4.20. The third-order valence-corrected chi connectivity index (χ3v) is 2.11. The molecule has 0 saturated heterocycles. The molecule has 1 aromatic heterocycles. The van der Waals surface area contributed by atoms with Crippen LogP contribution in [0.25, 0.3) is 5.69 Å². The number of nitrogens with zero attached hydrogens (tertiary/aromatic N) is 3. The molecule has 6 nitrogen and oxygen atoms in total. The molecule has 0 bridgehead atoms. The van der Waals surface area contributed by atoms with Crippen molar-refractivity contribution >= 4 is 11.8 Å². The Labute approximate surface area is 95.7 Å². The minimum Gasteiger partial charge on any atom is -0.476 e. The molecule has 2 N–H and O–H groups in total. The van der Waals surface area contributed by atoms with Gasteiger partial charge in [-0.1, -0.05) is 0 Å². The molecule has 0 aliphatic carbocycles. The van der Waals surface area contributed by atoms with E-state index in [1.165, 1.54) is 24.3 Å². The van der Waals surface area contributed by atoms with Gasteiger partial charge in [0.25, 0.3) is 0 Å².